The van der Waals surface area contributed by atoms with E-state index >= 15 is 0 Å². The van der Waals surface area contributed by atoms with Crippen LogP contribution in [-0.4, -0.2) is 59.7 Å². The summed E-state index contributed by atoms with van der Waals surface area (Å²) >= 11 is 0. The fourth-order valence-electron chi connectivity index (χ4n) is 4.77. The molecule has 2 amide bonds. The number of rotatable bonds is 5. The molecule has 2 aliphatic heterocycles. The van der Waals surface area contributed by atoms with E-state index in [-0.39, 0.29) is 24.2 Å². The molecule has 4 rings (SSSR count). The Morgan fingerprint density at radius 2 is 1.88 bits per heavy atom. The molecule has 1 fully saturated rings. The van der Waals surface area contributed by atoms with Crippen LogP contribution in [0.3, 0.4) is 0 Å². The summed E-state index contributed by atoms with van der Waals surface area (Å²) in [5.74, 6) is 1.02. The van der Waals surface area contributed by atoms with E-state index < -0.39 is 0 Å². The van der Waals surface area contributed by atoms with E-state index in [0.717, 1.165) is 62.2 Å². The number of furan rings is 1. The number of fused-ring (bicyclic) bond motifs is 1. The Kier molecular flexibility index (Phi) is 6.94. The van der Waals surface area contributed by atoms with Gasteiger partial charge in [-0.1, -0.05) is 25.0 Å². The lowest BCUT2D eigenvalue weighted by atomic mass is 10.0. The summed E-state index contributed by atoms with van der Waals surface area (Å²) in [6, 6.07) is 6.61. The monoisotopic (exact) mass is 441 g/mol. The summed E-state index contributed by atoms with van der Waals surface area (Å²) in [4.78, 5) is 31.7. The maximum absolute atomic E-state index is 13.6. The third-order valence-electron chi connectivity index (χ3n) is 6.49. The molecule has 6 nitrogen and oxygen atoms in total. The van der Waals surface area contributed by atoms with Crippen molar-refractivity contribution >= 4 is 11.8 Å². The first-order chi connectivity index (χ1) is 15.4. The lowest BCUT2D eigenvalue weighted by Crippen LogP contribution is -2.42. The van der Waals surface area contributed by atoms with Gasteiger partial charge in [0.15, 0.2) is 0 Å². The molecule has 2 aromatic rings. The van der Waals surface area contributed by atoms with Crippen LogP contribution in [0.1, 0.15) is 58.7 Å². The minimum Gasteiger partial charge on any atom is -0.465 e. The Balaban J connectivity index is 1.45. The number of hydrogen-bond acceptors (Lipinski definition) is 4. The highest BCUT2D eigenvalue weighted by Crippen LogP contribution is 2.30. The molecule has 0 unspecified atom stereocenters. The molecule has 7 heteroatoms. The van der Waals surface area contributed by atoms with Gasteiger partial charge in [-0.25, -0.2) is 4.39 Å². The minimum absolute atomic E-state index is 0.00509. The van der Waals surface area contributed by atoms with Crippen LogP contribution < -0.4 is 0 Å². The fraction of sp³-hybridized carbons (Fsp3) is 0.520. The van der Waals surface area contributed by atoms with Gasteiger partial charge < -0.3 is 14.2 Å². The maximum atomic E-state index is 13.6. The summed E-state index contributed by atoms with van der Waals surface area (Å²) in [6.45, 7) is 5.40. The van der Waals surface area contributed by atoms with Gasteiger partial charge in [0, 0.05) is 51.8 Å². The topological polar surface area (TPSA) is 57.0 Å². The lowest BCUT2D eigenvalue weighted by molar-refractivity contribution is -0.131. The molecule has 0 saturated carbocycles. The SMILES string of the molecule is Cc1oc2c(c1C(=O)N(C)CC(=O)N1CCCCCC1)CN(Cc1cccc(F)c1)CC2. The second-order valence-corrected chi connectivity index (χ2v) is 8.98. The van der Waals surface area contributed by atoms with Gasteiger partial charge in [0.05, 0.1) is 12.1 Å². The molecule has 1 aromatic carbocycles. The highest BCUT2D eigenvalue weighted by Gasteiger charge is 2.31. The number of carbonyl (C=O) groups is 2. The van der Waals surface area contributed by atoms with Crippen LogP contribution in [0.25, 0.3) is 0 Å². The van der Waals surface area contributed by atoms with Crippen molar-refractivity contribution in [2.75, 3.05) is 33.2 Å². The van der Waals surface area contributed by atoms with Crippen LogP contribution >= 0.6 is 0 Å². The second-order valence-electron chi connectivity index (χ2n) is 8.98. The zero-order chi connectivity index (χ0) is 22.7. The first kappa shape index (κ1) is 22.5. The highest BCUT2D eigenvalue weighted by molar-refractivity contribution is 5.98. The first-order valence-electron chi connectivity index (χ1n) is 11.5. The van der Waals surface area contributed by atoms with E-state index in [1.54, 1.807) is 19.2 Å². The van der Waals surface area contributed by atoms with Crippen LogP contribution in [0.5, 0.6) is 0 Å². The van der Waals surface area contributed by atoms with Crippen molar-refractivity contribution < 1.29 is 18.4 Å². The predicted molar refractivity (Wildman–Crippen MR) is 120 cm³/mol. The van der Waals surface area contributed by atoms with Crippen molar-refractivity contribution in [3.8, 4) is 0 Å². The van der Waals surface area contributed by atoms with Gasteiger partial charge in [0.25, 0.3) is 5.91 Å². The van der Waals surface area contributed by atoms with Gasteiger partial charge >= 0.3 is 0 Å². The minimum atomic E-state index is -0.245. The normalized spacial score (nSPS) is 17.0. The standard InChI is InChI=1S/C25H32FN3O3/c1-18-24(25(31)27(2)17-23(30)29-11-5-3-4-6-12-29)21-16-28(13-10-22(21)32-18)15-19-8-7-9-20(26)14-19/h7-9,14H,3-6,10-13,15-17H2,1-2H3. The second kappa shape index (κ2) is 9.86. The molecule has 0 radical (unpaired) electrons. The summed E-state index contributed by atoms with van der Waals surface area (Å²) in [5.41, 5.74) is 2.36. The van der Waals surface area contributed by atoms with E-state index in [1.807, 2.05) is 17.9 Å². The molecule has 0 bridgehead atoms. The summed E-state index contributed by atoms with van der Waals surface area (Å²) in [6.07, 6.45) is 5.07. The zero-order valence-electron chi connectivity index (χ0n) is 19.0. The third-order valence-corrected chi connectivity index (χ3v) is 6.49. The Morgan fingerprint density at radius 3 is 2.59 bits per heavy atom. The smallest absolute Gasteiger partial charge is 0.257 e. The number of likely N-dealkylation sites (tertiary alicyclic amines) is 1. The van der Waals surface area contributed by atoms with E-state index in [9.17, 15) is 14.0 Å². The fourth-order valence-corrected chi connectivity index (χ4v) is 4.77. The predicted octanol–water partition coefficient (Wildman–Crippen LogP) is 3.76. The van der Waals surface area contributed by atoms with Gasteiger partial charge in [0.2, 0.25) is 5.91 Å². The van der Waals surface area contributed by atoms with Crippen molar-refractivity contribution in [2.45, 2.75) is 52.1 Å². The van der Waals surface area contributed by atoms with Crippen LogP contribution in [0.4, 0.5) is 4.39 Å². The number of amides is 2. The number of carbonyl (C=O) groups excluding carboxylic acids is 2. The average Bonchev–Trinajstić information content (AvgIpc) is 2.92. The van der Waals surface area contributed by atoms with Crippen LogP contribution in [0.15, 0.2) is 28.7 Å². The molecule has 32 heavy (non-hydrogen) atoms. The zero-order valence-corrected chi connectivity index (χ0v) is 19.0. The molecule has 3 heterocycles. The molecule has 0 atom stereocenters. The molecular weight excluding hydrogens is 409 g/mol. The molecule has 1 saturated heterocycles. The van der Waals surface area contributed by atoms with E-state index in [1.165, 1.54) is 11.0 Å². The molecule has 0 N–H and O–H groups in total. The third kappa shape index (κ3) is 5.04. The molecule has 2 aliphatic rings. The number of likely N-dealkylation sites (N-methyl/N-ethyl adjacent to an activating group) is 1. The van der Waals surface area contributed by atoms with Crippen molar-refractivity contribution in [3.63, 3.8) is 0 Å². The van der Waals surface area contributed by atoms with E-state index in [0.29, 0.717) is 30.8 Å². The van der Waals surface area contributed by atoms with Crippen molar-refractivity contribution in [3.05, 3.63) is 58.3 Å². The van der Waals surface area contributed by atoms with Crippen LogP contribution in [0, 0.1) is 12.7 Å². The van der Waals surface area contributed by atoms with Crippen molar-refractivity contribution in [1.82, 2.24) is 14.7 Å². The number of nitrogens with zero attached hydrogens (tertiary/aromatic N) is 3. The highest BCUT2D eigenvalue weighted by atomic mass is 19.1. The largest absolute Gasteiger partial charge is 0.465 e. The Hall–Kier alpha value is -2.67. The quantitative estimate of drug-likeness (QED) is 0.709. The molecular formula is C25H32FN3O3. The molecule has 0 aliphatic carbocycles. The van der Waals surface area contributed by atoms with Gasteiger partial charge in [0.1, 0.15) is 17.3 Å². The Bertz CT molecular complexity index is 979. The average molecular weight is 442 g/mol. The summed E-state index contributed by atoms with van der Waals surface area (Å²) in [7, 11) is 1.68. The van der Waals surface area contributed by atoms with Gasteiger partial charge in [-0.05, 0) is 37.5 Å². The first-order valence-corrected chi connectivity index (χ1v) is 11.5. The van der Waals surface area contributed by atoms with Crippen molar-refractivity contribution in [2.24, 2.45) is 0 Å². The number of aryl methyl sites for hydroxylation is 1. The molecule has 172 valence electrons. The van der Waals surface area contributed by atoms with E-state index in [2.05, 4.69) is 4.90 Å². The maximum Gasteiger partial charge on any atom is 0.257 e. The van der Waals surface area contributed by atoms with Gasteiger partial charge in [-0.3, -0.25) is 14.5 Å². The number of halogens is 1. The Morgan fingerprint density at radius 1 is 1.12 bits per heavy atom. The Labute approximate surface area is 189 Å². The van der Waals surface area contributed by atoms with E-state index in [4.69, 9.17) is 4.42 Å². The van der Waals surface area contributed by atoms with Crippen molar-refractivity contribution in [1.29, 1.82) is 0 Å². The lowest BCUT2D eigenvalue weighted by Gasteiger charge is -2.27. The van der Waals surface area contributed by atoms with Crippen LogP contribution in [0.2, 0.25) is 0 Å². The number of hydrogen-bond donors (Lipinski definition) is 0. The number of benzene rings is 1. The van der Waals surface area contributed by atoms with Gasteiger partial charge in [-0.15, -0.1) is 0 Å². The summed E-state index contributed by atoms with van der Waals surface area (Å²) < 4.78 is 19.5. The van der Waals surface area contributed by atoms with Crippen LogP contribution in [-0.2, 0) is 24.3 Å². The molecule has 1 aromatic heterocycles. The summed E-state index contributed by atoms with van der Waals surface area (Å²) in [5, 5.41) is 0. The molecule has 0 spiro atoms. The van der Waals surface area contributed by atoms with Gasteiger partial charge in [-0.2, -0.15) is 0 Å².